The van der Waals surface area contributed by atoms with E-state index in [1.807, 2.05) is 6.07 Å². The third kappa shape index (κ3) is 5.10. The summed E-state index contributed by atoms with van der Waals surface area (Å²) in [4.78, 5) is 27.1. The van der Waals surface area contributed by atoms with Crippen molar-refractivity contribution in [3.63, 3.8) is 0 Å². The first kappa shape index (κ1) is 23.8. The number of hydrogen-bond acceptors (Lipinski definition) is 5. The Morgan fingerprint density at radius 3 is 2.62 bits per heavy atom. The molecule has 2 amide bonds. The molecule has 4 N–H and O–H groups in total. The van der Waals surface area contributed by atoms with Crippen LogP contribution in [-0.2, 0) is 6.54 Å². The molecule has 3 aromatic rings. The van der Waals surface area contributed by atoms with E-state index in [0.29, 0.717) is 30.8 Å². The Labute approximate surface area is 195 Å². The zero-order valence-corrected chi connectivity index (χ0v) is 18.7. The number of benzene rings is 2. The maximum Gasteiger partial charge on any atom is 0.286 e. The smallest absolute Gasteiger partial charge is 0.286 e. The average molecular weight is 472 g/mol. The number of fused-ring (bicyclic) bond motifs is 1. The number of aliphatic hydroxyl groups is 1. The number of carbonyl (C=O) groups is 2. The molecule has 0 bridgehead atoms. The Morgan fingerprint density at radius 1 is 1.15 bits per heavy atom. The number of rotatable bonds is 8. The fraction of sp³-hybridized carbons (Fsp3) is 0.360. The van der Waals surface area contributed by atoms with Crippen LogP contribution in [0.1, 0.15) is 58.6 Å². The number of amides is 2. The number of furan rings is 1. The molecule has 7 nitrogen and oxygen atoms in total. The standard InChI is InChI=1S/C25H27F2N3O4/c26-17-12-19-21(23(24(28)32)34-22(19)20(27)13-17)29-25(33)16-6-4-5-15(11-16)14-30(9-10-31)18-7-2-1-3-8-18/h4-6,11-13,18,31H,1-3,7-10,14H2,(H2,28,32)(H,29,33). The van der Waals surface area contributed by atoms with Gasteiger partial charge in [0.1, 0.15) is 11.5 Å². The van der Waals surface area contributed by atoms with Crippen LogP contribution < -0.4 is 11.1 Å². The molecule has 1 aliphatic carbocycles. The van der Waals surface area contributed by atoms with E-state index >= 15 is 0 Å². The quantitative estimate of drug-likeness (QED) is 0.457. The van der Waals surface area contributed by atoms with E-state index in [1.165, 1.54) is 6.42 Å². The van der Waals surface area contributed by atoms with Crippen molar-refractivity contribution in [2.24, 2.45) is 5.73 Å². The molecule has 0 aliphatic heterocycles. The number of aliphatic hydroxyl groups excluding tert-OH is 1. The van der Waals surface area contributed by atoms with Crippen molar-refractivity contribution >= 4 is 28.5 Å². The molecule has 0 atom stereocenters. The number of hydrogen-bond donors (Lipinski definition) is 3. The van der Waals surface area contributed by atoms with E-state index in [0.717, 1.165) is 37.3 Å². The Kier molecular flexibility index (Phi) is 7.23. The van der Waals surface area contributed by atoms with Crippen LogP contribution in [0.3, 0.4) is 0 Å². The van der Waals surface area contributed by atoms with Crippen LogP contribution in [0.25, 0.3) is 11.0 Å². The highest BCUT2D eigenvalue weighted by atomic mass is 19.1. The van der Waals surface area contributed by atoms with Gasteiger partial charge in [-0.2, -0.15) is 0 Å². The predicted octanol–water partition coefficient (Wildman–Crippen LogP) is 4.19. The van der Waals surface area contributed by atoms with Crippen molar-refractivity contribution in [3.8, 4) is 0 Å². The summed E-state index contributed by atoms with van der Waals surface area (Å²) in [6.07, 6.45) is 5.71. The maximum absolute atomic E-state index is 14.1. The number of anilines is 1. The maximum atomic E-state index is 14.1. The fourth-order valence-electron chi connectivity index (χ4n) is 4.62. The molecule has 1 heterocycles. The van der Waals surface area contributed by atoms with E-state index in [2.05, 4.69) is 10.2 Å². The van der Waals surface area contributed by atoms with Gasteiger partial charge in [0.2, 0.25) is 5.76 Å². The first-order valence-corrected chi connectivity index (χ1v) is 11.3. The van der Waals surface area contributed by atoms with Crippen molar-refractivity contribution in [2.45, 2.75) is 44.7 Å². The number of carbonyl (C=O) groups excluding carboxylic acids is 2. The molecular formula is C25H27F2N3O4. The lowest BCUT2D eigenvalue weighted by Crippen LogP contribution is -2.38. The molecular weight excluding hydrogens is 444 g/mol. The third-order valence-corrected chi connectivity index (χ3v) is 6.22. The highest BCUT2D eigenvalue weighted by Crippen LogP contribution is 2.33. The van der Waals surface area contributed by atoms with Crippen molar-refractivity contribution in [3.05, 3.63) is 64.9 Å². The molecule has 4 rings (SSSR count). The first-order valence-electron chi connectivity index (χ1n) is 11.3. The average Bonchev–Trinajstić information content (AvgIpc) is 3.18. The minimum Gasteiger partial charge on any atom is -0.446 e. The van der Waals surface area contributed by atoms with Gasteiger partial charge in [0.15, 0.2) is 11.4 Å². The summed E-state index contributed by atoms with van der Waals surface area (Å²) in [5.74, 6) is -3.96. The van der Waals surface area contributed by atoms with Crippen LogP contribution in [0.15, 0.2) is 40.8 Å². The highest BCUT2D eigenvalue weighted by molar-refractivity contribution is 6.14. The van der Waals surface area contributed by atoms with Gasteiger partial charge < -0.3 is 20.6 Å². The summed E-state index contributed by atoms with van der Waals surface area (Å²) in [5.41, 5.74) is 5.97. The van der Waals surface area contributed by atoms with Gasteiger partial charge in [-0.1, -0.05) is 31.4 Å². The second-order valence-corrected chi connectivity index (χ2v) is 8.58. The van der Waals surface area contributed by atoms with Gasteiger partial charge in [-0.25, -0.2) is 8.78 Å². The van der Waals surface area contributed by atoms with E-state index in [-0.39, 0.29) is 23.3 Å². The molecule has 34 heavy (non-hydrogen) atoms. The molecule has 1 aromatic heterocycles. The second-order valence-electron chi connectivity index (χ2n) is 8.58. The van der Waals surface area contributed by atoms with Crippen molar-refractivity contribution in [2.75, 3.05) is 18.5 Å². The molecule has 2 aromatic carbocycles. The van der Waals surface area contributed by atoms with Gasteiger partial charge in [0.05, 0.1) is 12.0 Å². The zero-order chi connectivity index (χ0) is 24.2. The van der Waals surface area contributed by atoms with Crippen LogP contribution in [0.5, 0.6) is 0 Å². The van der Waals surface area contributed by atoms with Gasteiger partial charge in [-0.3, -0.25) is 14.5 Å². The number of nitrogens with zero attached hydrogens (tertiary/aromatic N) is 1. The number of halogens is 2. The van der Waals surface area contributed by atoms with Gasteiger partial charge in [0.25, 0.3) is 11.8 Å². The first-order chi connectivity index (χ1) is 16.4. The molecule has 0 radical (unpaired) electrons. The minimum absolute atomic E-state index is 0.0489. The zero-order valence-electron chi connectivity index (χ0n) is 18.7. The van der Waals surface area contributed by atoms with Crippen LogP contribution in [0, 0.1) is 11.6 Å². The highest BCUT2D eigenvalue weighted by Gasteiger charge is 2.25. The normalized spacial score (nSPS) is 14.6. The van der Waals surface area contributed by atoms with Crippen molar-refractivity contribution in [1.82, 2.24) is 4.90 Å². The van der Waals surface area contributed by atoms with E-state index in [4.69, 9.17) is 10.2 Å². The predicted molar refractivity (Wildman–Crippen MR) is 123 cm³/mol. The van der Waals surface area contributed by atoms with Gasteiger partial charge in [0, 0.05) is 30.8 Å². The number of nitrogens with two attached hydrogens (primary N) is 1. The lowest BCUT2D eigenvalue weighted by molar-refractivity contribution is 0.0977. The van der Waals surface area contributed by atoms with Crippen LogP contribution in [-0.4, -0.2) is 41.0 Å². The van der Waals surface area contributed by atoms with Crippen molar-refractivity contribution in [1.29, 1.82) is 0 Å². The lowest BCUT2D eigenvalue weighted by atomic mass is 9.93. The third-order valence-electron chi connectivity index (χ3n) is 6.22. The molecule has 180 valence electrons. The van der Waals surface area contributed by atoms with Crippen LogP contribution in [0.4, 0.5) is 14.5 Å². The second kappa shape index (κ2) is 10.3. The van der Waals surface area contributed by atoms with Crippen LogP contribution in [0.2, 0.25) is 0 Å². The minimum atomic E-state index is -1.02. The molecule has 1 fully saturated rings. The molecule has 0 unspecified atom stereocenters. The molecule has 1 aliphatic rings. The topological polar surface area (TPSA) is 109 Å². The molecule has 9 heteroatoms. The monoisotopic (exact) mass is 471 g/mol. The van der Waals surface area contributed by atoms with Crippen LogP contribution >= 0.6 is 0 Å². The lowest BCUT2D eigenvalue weighted by Gasteiger charge is -2.34. The molecule has 1 saturated carbocycles. The van der Waals surface area contributed by atoms with Gasteiger partial charge in [-0.15, -0.1) is 0 Å². The summed E-state index contributed by atoms with van der Waals surface area (Å²) in [6, 6.07) is 8.94. The largest absolute Gasteiger partial charge is 0.446 e. The van der Waals surface area contributed by atoms with E-state index in [9.17, 15) is 23.5 Å². The fourth-order valence-corrected chi connectivity index (χ4v) is 4.62. The Morgan fingerprint density at radius 2 is 1.91 bits per heavy atom. The van der Waals surface area contributed by atoms with E-state index < -0.39 is 29.2 Å². The summed E-state index contributed by atoms with van der Waals surface area (Å²) in [6.45, 7) is 1.17. The number of nitrogens with one attached hydrogen (secondary N) is 1. The summed E-state index contributed by atoms with van der Waals surface area (Å²) in [7, 11) is 0. The SMILES string of the molecule is NC(=O)c1oc2c(F)cc(F)cc2c1NC(=O)c1cccc(CN(CCO)C2CCCCC2)c1. The Hall–Kier alpha value is -3.30. The Balaban J connectivity index is 1.59. The Bertz CT molecular complexity index is 1200. The van der Waals surface area contributed by atoms with Gasteiger partial charge in [-0.05, 0) is 36.6 Å². The van der Waals surface area contributed by atoms with E-state index in [1.54, 1.807) is 18.2 Å². The number of primary amides is 1. The summed E-state index contributed by atoms with van der Waals surface area (Å²) >= 11 is 0. The van der Waals surface area contributed by atoms with Crippen molar-refractivity contribution < 1.29 is 27.9 Å². The van der Waals surface area contributed by atoms with Gasteiger partial charge >= 0.3 is 0 Å². The molecule has 0 spiro atoms. The summed E-state index contributed by atoms with van der Waals surface area (Å²) in [5, 5.41) is 12.0. The summed E-state index contributed by atoms with van der Waals surface area (Å²) < 4.78 is 33.1. The molecule has 0 saturated heterocycles.